The number of nitrogens with one attached hydrogen (secondary N) is 3. The molecular weight excluding hydrogens is 498 g/mol. The highest BCUT2D eigenvalue weighted by Crippen LogP contribution is 2.36. The third-order valence-corrected chi connectivity index (χ3v) is 4.80. The molecule has 0 spiro atoms. The topological polar surface area (TPSA) is 96.5 Å². The lowest BCUT2D eigenvalue weighted by atomic mass is 10.2. The minimum atomic E-state index is -4.53. The maximum Gasteiger partial charge on any atom is 0.416 e. The quantitative estimate of drug-likeness (QED) is 0.373. The molecule has 3 aromatic rings. The summed E-state index contributed by atoms with van der Waals surface area (Å²) >= 11 is 11.7. The first kappa shape index (κ1) is 24.9. The van der Waals surface area contributed by atoms with E-state index in [0.29, 0.717) is 0 Å². The first-order chi connectivity index (χ1) is 16.0. The number of rotatable bonds is 4. The van der Waals surface area contributed by atoms with E-state index in [1.54, 1.807) is 12.1 Å². The number of urea groups is 2. The van der Waals surface area contributed by atoms with Crippen LogP contribution in [0.4, 0.5) is 28.4 Å². The number of hydrogen-bond acceptors (Lipinski definition) is 4. The third-order valence-electron chi connectivity index (χ3n) is 4.17. The first-order valence-electron chi connectivity index (χ1n) is 9.35. The van der Waals surface area contributed by atoms with Crippen LogP contribution < -0.4 is 20.7 Å². The summed E-state index contributed by atoms with van der Waals surface area (Å²) in [6, 6.07) is 12.4. The second-order valence-electron chi connectivity index (χ2n) is 6.61. The van der Waals surface area contributed by atoms with Crippen molar-refractivity contribution in [3.63, 3.8) is 0 Å². The Morgan fingerprint density at radius 2 is 1.47 bits per heavy atom. The van der Waals surface area contributed by atoms with Crippen LogP contribution in [0.2, 0.25) is 10.0 Å². The fraction of sp³-hybridized carbons (Fsp3) is 0.0455. The van der Waals surface area contributed by atoms with Gasteiger partial charge in [0.05, 0.1) is 21.2 Å². The molecule has 0 aromatic heterocycles. The average Bonchev–Trinajstić information content (AvgIpc) is 2.75. The number of alkyl halides is 3. The van der Waals surface area contributed by atoms with E-state index in [9.17, 15) is 27.6 Å². The monoisotopic (exact) mass is 511 g/mol. The molecule has 0 atom stereocenters. The standard InChI is InChI=1S/C22H14Cl2F3N3O4/c23-16-4-2-1-3-15(16)19(31)29-21(33)30-20(32)28-13-6-8-14(9-7-13)34-18-10-5-12(11-17(18)24)22(25,26)27/h1-11H,(H3,28,29,30,31,32,33). The summed E-state index contributed by atoms with van der Waals surface area (Å²) in [6.45, 7) is 0. The Morgan fingerprint density at radius 1 is 0.794 bits per heavy atom. The normalized spacial score (nSPS) is 10.9. The maximum atomic E-state index is 12.7. The number of anilines is 1. The lowest BCUT2D eigenvalue weighted by molar-refractivity contribution is -0.137. The van der Waals surface area contributed by atoms with Gasteiger partial charge in [0.15, 0.2) is 0 Å². The van der Waals surface area contributed by atoms with Crippen LogP contribution in [0.3, 0.4) is 0 Å². The Morgan fingerprint density at radius 3 is 2.09 bits per heavy atom. The zero-order chi connectivity index (χ0) is 24.9. The Kier molecular flexibility index (Phi) is 7.64. The molecule has 3 N–H and O–H groups in total. The predicted octanol–water partition coefficient (Wildman–Crippen LogP) is 6.48. The van der Waals surface area contributed by atoms with Crippen LogP contribution in [0.25, 0.3) is 0 Å². The number of benzene rings is 3. The Balaban J connectivity index is 1.54. The van der Waals surface area contributed by atoms with Gasteiger partial charge in [0.25, 0.3) is 5.91 Å². The number of hydrogen-bond donors (Lipinski definition) is 3. The van der Waals surface area contributed by atoms with Gasteiger partial charge in [-0.3, -0.25) is 15.4 Å². The summed E-state index contributed by atoms with van der Waals surface area (Å²) in [7, 11) is 0. The second-order valence-corrected chi connectivity index (χ2v) is 7.43. The van der Waals surface area contributed by atoms with Gasteiger partial charge < -0.3 is 10.1 Å². The Bertz CT molecular complexity index is 1230. The van der Waals surface area contributed by atoms with Crippen molar-refractivity contribution in [2.45, 2.75) is 6.18 Å². The van der Waals surface area contributed by atoms with Crippen molar-refractivity contribution in [3.8, 4) is 11.5 Å². The molecule has 12 heteroatoms. The molecule has 7 nitrogen and oxygen atoms in total. The summed E-state index contributed by atoms with van der Waals surface area (Å²) in [5.74, 6) is -0.553. The second kappa shape index (κ2) is 10.4. The van der Waals surface area contributed by atoms with Crippen molar-refractivity contribution in [3.05, 3.63) is 87.9 Å². The van der Waals surface area contributed by atoms with Crippen LogP contribution in [0.5, 0.6) is 11.5 Å². The summed E-state index contributed by atoms with van der Waals surface area (Å²) in [6.07, 6.45) is -4.53. The van der Waals surface area contributed by atoms with Gasteiger partial charge in [-0.1, -0.05) is 35.3 Å². The molecule has 0 saturated carbocycles. The van der Waals surface area contributed by atoms with Crippen molar-refractivity contribution in [1.29, 1.82) is 0 Å². The molecule has 3 aromatic carbocycles. The Labute approximate surface area is 200 Å². The zero-order valence-corrected chi connectivity index (χ0v) is 18.4. The van der Waals surface area contributed by atoms with Crippen molar-refractivity contribution in [1.82, 2.24) is 10.6 Å². The van der Waals surface area contributed by atoms with Crippen molar-refractivity contribution in [2.24, 2.45) is 0 Å². The largest absolute Gasteiger partial charge is 0.456 e. The average molecular weight is 512 g/mol. The van der Waals surface area contributed by atoms with Gasteiger partial charge in [0, 0.05) is 5.69 Å². The van der Waals surface area contributed by atoms with Crippen LogP contribution in [0.15, 0.2) is 66.7 Å². The van der Waals surface area contributed by atoms with Crippen molar-refractivity contribution in [2.75, 3.05) is 5.32 Å². The van der Waals surface area contributed by atoms with E-state index in [4.69, 9.17) is 27.9 Å². The van der Waals surface area contributed by atoms with Crippen LogP contribution in [0.1, 0.15) is 15.9 Å². The van der Waals surface area contributed by atoms with Gasteiger partial charge in [-0.05, 0) is 54.6 Å². The third kappa shape index (κ3) is 6.63. The molecular formula is C22H14Cl2F3N3O4. The fourth-order valence-electron chi connectivity index (χ4n) is 2.61. The van der Waals surface area contributed by atoms with Crippen LogP contribution >= 0.6 is 23.2 Å². The minimum absolute atomic E-state index is 0.00739. The highest BCUT2D eigenvalue weighted by atomic mass is 35.5. The highest BCUT2D eigenvalue weighted by Gasteiger charge is 2.31. The van der Waals surface area contributed by atoms with Crippen molar-refractivity contribution >= 4 is 46.9 Å². The molecule has 3 rings (SSSR count). The summed E-state index contributed by atoms with van der Waals surface area (Å²) < 4.78 is 43.6. The molecule has 176 valence electrons. The van der Waals surface area contributed by atoms with E-state index in [-0.39, 0.29) is 32.8 Å². The molecule has 0 aliphatic carbocycles. The maximum absolute atomic E-state index is 12.7. The minimum Gasteiger partial charge on any atom is -0.456 e. The number of carbonyl (C=O) groups excluding carboxylic acids is 3. The van der Waals surface area contributed by atoms with Gasteiger partial charge in [-0.2, -0.15) is 13.2 Å². The number of imide groups is 2. The van der Waals surface area contributed by atoms with Crippen LogP contribution in [-0.2, 0) is 6.18 Å². The molecule has 0 aliphatic rings. The molecule has 0 unspecified atom stereocenters. The number of halogens is 5. The molecule has 0 radical (unpaired) electrons. The predicted molar refractivity (Wildman–Crippen MR) is 119 cm³/mol. The summed E-state index contributed by atoms with van der Waals surface area (Å²) in [5, 5.41) is 6.17. The molecule has 0 fully saturated rings. The van der Waals surface area contributed by atoms with E-state index in [1.807, 2.05) is 10.6 Å². The SMILES string of the molecule is O=C(NC(=O)Nc1ccc(Oc2ccc(C(F)(F)F)cc2Cl)cc1)NC(=O)c1ccccc1Cl. The number of carbonyl (C=O) groups is 3. The van der Waals surface area contributed by atoms with Crippen LogP contribution in [0, 0.1) is 0 Å². The van der Waals surface area contributed by atoms with E-state index in [1.165, 1.54) is 36.4 Å². The molecule has 34 heavy (non-hydrogen) atoms. The van der Waals surface area contributed by atoms with Gasteiger partial charge in [-0.25, -0.2) is 9.59 Å². The fourth-order valence-corrected chi connectivity index (χ4v) is 3.05. The first-order valence-corrected chi connectivity index (χ1v) is 10.1. The lowest BCUT2D eigenvalue weighted by Gasteiger charge is -2.12. The Hall–Kier alpha value is -3.76. The molecule has 0 heterocycles. The molecule has 0 saturated heterocycles. The van der Waals surface area contributed by atoms with E-state index in [0.717, 1.165) is 18.2 Å². The van der Waals surface area contributed by atoms with Gasteiger partial charge in [0.1, 0.15) is 11.5 Å². The molecule has 0 bridgehead atoms. The number of amides is 5. The van der Waals surface area contributed by atoms with Crippen LogP contribution in [-0.4, -0.2) is 18.0 Å². The molecule has 5 amide bonds. The molecule has 0 aliphatic heterocycles. The summed E-state index contributed by atoms with van der Waals surface area (Å²) in [4.78, 5) is 35.9. The van der Waals surface area contributed by atoms with Gasteiger partial charge >= 0.3 is 18.2 Å². The van der Waals surface area contributed by atoms with E-state index >= 15 is 0 Å². The van der Waals surface area contributed by atoms with Gasteiger partial charge in [0.2, 0.25) is 0 Å². The summed E-state index contributed by atoms with van der Waals surface area (Å²) in [5.41, 5.74) is -0.593. The van der Waals surface area contributed by atoms with E-state index in [2.05, 4.69) is 5.32 Å². The van der Waals surface area contributed by atoms with Gasteiger partial charge in [-0.15, -0.1) is 0 Å². The van der Waals surface area contributed by atoms with E-state index < -0.39 is 29.7 Å². The zero-order valence-electron chi connectivity index (χ0n) is 16.9. The number of ether oxygens (including phenoxy) is 1. The lowest BCUT2D eigenvalue weighted by Crippen LogP contribution is -2.44. The highest BCUT2D eigenvalue weighted by molar-refractivity contribution is 6.34. The smallest absolute Gasteiger partial charge is 0.416 e. The van der Waals surface area contributed by atoms with Crippen molar-refractivity contribution < 1.29 is 32.3 Å².